The molecule has 0 spiro atoms. The zero-order valence-corrected chi connectivity index (χ0v) is 11.3. The maximum Gasteiger partial charge on any atom is 0.129 e. The molecule has 0 radical (unpaired) electrons. The smallest absolute Gasteiger partial charge is 0.129 e. The normalized spacial score (nSPS) is 12.4. The molecule has 0 aliphatic carbocycles. The molecule has 1 unspecified atom stereocenters. The van der Waals surface area contributed by atoms with E-state index in [1.54, 1.807) is 14.2 Å². The van der Waals surface area contributed by atoms with E-state index in [2.05, 4.69) is 0 Å². The van der Waals surface area contributed by atoms with Crippen molar-refractivity contribution in [2.75, 3.05) is 14.2 Å². The Labute approximate surface area is 113 Å². The number of furan rings is 1. The van der Waals surface area contributed by atoms with Gasteiger partial charge in [-0.2, -0.15) is 0 Å². The first-order valence-electron chi connectivity index (χ1n) is 6.19. The van der Waals surface area contributed by atoms with Crippen LogP contribution in [0, 0.1) is 0 Å². The molecule has 0 fully saturated rings. The first-order valence-corrected chi connectivity index (χ1v) is 6.19. The summed E-state index contributed by atoms with van der Waals surface area (Å²) in [6.07, 6.45) is 0.705. The van der Waals surface area contributed by atoms with E-state index >= 15 is 0 Å². The Hall–Kier alpha value is -1.78. The van der Waals surface area contributed by atoms with Crippen LogP contribution in [-0.2, 0) is 17.8 Å². The quantitative estimate of drug-likeness (QED) is 0.868. The predicted octanol–water partition coefficient (Wildman–Crippen LogP) is 2.68. The van der Waals surface area contributed by atoms with Gasteiger partial charge in [0.25, 0.3) is 0 Å². The summed E-state index contributed by atoms with van der Waals surface area (Å²) in [5, 5.41) is 0. The third-order valence-electron chi connectivity index (χ3n) is 2.92. The van der Waals surface area contributed by atoms with E-state index in [9.17, 15) is 0 Å². The van der Waals surface area contributed by atoms with Gasteiger partial charge >= 0.3 is 0 Å². The Morgan fingerprint density at radius 3 is 2.79 bits per heavy atom. The second kappa shape index (κ2) is 6.41. The Kier molecular flexibility index (Phi) is 4.60. The van der Waals surface area contributed by atoms with Crippen molar-refractivity contribution in [3.63, 3.8) is 0 Å². The lowest BCUT2D eigenvalue weighted by Crippen LogP contribution is -2.12. The molecule has 0 saturated carbocycles. The van der Waals surface area contributed by atoms with Crippen molar-refractivity contribution in [1.82, 2.24) is 0 Å². The Morgan fingerprint density at radius 2 is 2.05 bits per heavy atom. The molecule has 0 bridgehead atoms. The number of nitrogens with two attached hydrogens (primary N) is 1. The van der Waals surface area contributed by atoms with Gasteiger partial charge in [-0.25, -0.2) is 0 Å². The van der Waals surface area contributed by atoms with Crippen molar-refractivity contribution >= 4 is 0 Å². The van der Waals surface area contributed by atoms with Gasteiger partial charge in [0.15, 0.2) is 0 Å². The lowest BCUT2D eigenvalue weighted by Gasteiger charge is -2.10. The molecule has 1 atom stereocenters. The molecule has 4 nitrogen and oxygen atoms in total. The van der Waals surface area contributed by atoms with Crippen LogP contribution >= 0.6 is 0 Å². The van der Waals surface area contributed by atoms with E-state index in [0.29, 0.717) is 13.0 Å². The monoisotopic (exact) mass is 261 g/mol. The Bertz CT molecular complexity index is 522. The highest BCUT2D eigenvalue weighted by Gasteiger charge is 2.12. The van der Waals surface area contributed by atoms with Crippen LogP contribution in [-0.4, -0.2) is 14.2 Å². The number of rotatable bonds is 6. The fourth-order valence-electron chi connectivity index (χ4n) is 1.97. The minimum atomic E-state index is -0.169. The maximum atomic E-state index is 6.15. The highest BCUT2D eigenvalue weighted by molar-refractivity contribution is 5.29. The van der Waals surface area contributed by atoms with Crippen LogP contribution < -0.4 is 10.5 Å². The topological polar surface area (TPSA) is 57.6 Å². The molecule has 0 amide bonds. The van der Waals surface area contributed by atoms with Gasteiger partial charge in [0.2, 0.25) is 0 Å². The Morgan fingerprint density at radius 1 is 1.21 bits per heavy atom. The molecule has 2 N–H and O–H groups in total. The molecule has 0 aliphatic heterocycles. The van der Waals surface area contributed by atoms with E-state index in [4.69, 9.17) is 19.6 Å². The maximum absolute atomic E-state index is 6.15. The first kappa shape index (κ1) is 13.6. The van der Waals surface area contributed by atoms with Gasteiger partial charge < -0.3 is 19.6 Å². The molecule has 1 aromatic carbocycles. The molecule has 1 heterocycles. The zero-order valence-electron chi connectivity index (χ0n) is 11.3. The number of methoxy groups -OCH3 is 2. The minimum Gasteiger partial charge on any atom is -0.497 e. The summed E-state index contributed by atoms with van der Waals surface area (Å²) in [6.45, 7) is 0.464. The zero-order chi connectivity index (χ0) is 13.7. The number of hydrogen-bond donors (Lipinski definition) is 1. The number of benzene rings is 1. The molecule has 19 heavy (non-hydrogen) atoms. The second-order valence-electron chi connectivity index (χ2n) is 4.40. The van der Waals surface area contributed by atoms with Crippen molar-refractivity contribution in [2.24, 2.45) is 5.73 Å². The molecular formula is C15H19NO3. The third kappa shape index (κ3) is 3.59. The highest BCUT2D eigenvalue weighted by atomic mass is 16.5. The standard InChI is InChI=1S/C15H19NO3/c1-17-10-13-6-7-15(19-13)14(16)9-11-4-3-5-12(8-11)18-2/h3-8,14H,9-10,16H2,1-2H3. The average Bonchev–Trinajstić information content (AvgIpc) is 2.88. The van der Waals surface area contributed by atoms with Gasteiger partial charge in [0.1, 0.15) is 23.9 Å². The predicted molar refractivity (Wildman–Crippen MR) is 73.0 cm³/mol. The minimum absolute atomic E-state index is 0.169. The van der Waals surface area contributed by atoms with Crippen molar-refractivity contribution in [1.29, 1.82) is 0 Å². The molecule has 4 heteroatoms. The van der Waals surface area contributed by atoms with Crippen LogP contribution in [0.1, 0.15) is 23.1 Å². The van der Waals surface area contributed by atoms with E-state index in [1.807, 2.05) is 36.4 Å². The van der Waals surface area contributed by atoms with Crippen molar-refractivity contribution < 1.29 is 13.9 Å². The van der Waals surface area contributed by atoms with Crippen LogP contribution in [0.25, 0.3) is 0 Å². The van der Waals surface area contributed by atoms with Gasteiger partial charge in [-0.1, -0.05) is 12.1 Å². The molecular weight excluding hydrogens is 242 g/mol. The fourth-order valence-corrected chi connectivity index (χ4v) is 1.97. The van der Waals surface area contributed by atoms with Crippen LogP contribution in [0.4, 0.5) is 0 Å². The van der Waals surface area contributed by atoms with Gasteiger partial charge in [0, 0.05) is 7.11 Å². The summed E-state index contributed by atoms with van der Waals surface area (Å²) in [5.41, 5.74) is 7.27. The van der Waals surface area contributed by atoms with E-state index in [0.717, 1.165) is 22.8 Å². The van der Waals surface area contributed by atoms with Crippen LogP contribution in [0.3, 0.4) is 0 Å². The van der Waals surface area contributed by atoms with Crippen LogP contribution in [0.5, 0.6) is 5.75 Å². The summed E-state index contributed by atoms with van der Waals surface area (Å²) >= 11 is 0. The highest BCUT2D eigenvalue weighted by Crippen LogP contribution is 2.21. The van der Waals surface area contributed by atoms with E-state index in [-0.39, 0.29) is 6.04 Å². The molecule has 1 aromatic heterocycles. The Balaban J connectivity index is 2.04. The molecule has 0 aliphatic rings. The van der Waals surface area contributed by atoms with Gasteiger partial charge in [-0.3, -0.25) is 0 Å². The summed E-state index contributed by atoms with van der Waals surface area (Å²) in [7, 11) is 3.29. The molecule has 2 rings (SSSR count). The summed E-state index contributed by atoms with van der Waals surface area (Å²) in [5.74, 6) is 2.40. The average molecular weight is 261 g/mol. The number of ether oxygens (including phenoxy) is 2. The second-order valence-corrected chi connectivity index (χ2v) is 4.40. The van der Waals surface area contributed by atoms with Crippen molar-refractivity contribution in [2.45, 2.75) is 19.1 Å². The number of hydrogen-bond acceptors (Lipinski definition) is 4. The van der Waals surface area contributed by atoms with E-state index < -0.39 is 0 Å². The van der Waals surface area contributed by atoms with Gasteiger partial charge in [-0.05, 0) is 36.2 Å². The SMILES string of the molecule is COCc1ccc(C(N)Cc2cccc(OC)c2)o1. The lowest BCUT2D eigenvalue weighted by molar-refractivity contribution is 0.162. The molecule has 0 saturated heterocycles. The van der Waals surface area contributed by atoms with Gasteiger partial charge in [-0.15, -0.1) is 0 Å². The third-order valence-corrected chi connectivity index (χ3v) is 2.92. The fraction of sp³-hybridized carbons (Fsp3) is 0.333. The summed E-state index contributed by atoms with van der Waals surface area (Å²) in [4.78, 5) is 0. The molecule has 102 valence electrons. The van der Waals surface area contributed by atoms with Crippen LogP contribution in [0.15, 0.2) is 40.8 Å². The van der Waals surface area contributed by atoms with Crippen molar-refractivity contribution in [3.8, 4) is 5.75 Å². The van der Waals surface area contributed by atoms with E-state index in [1.165, 1.54) is 0 Å². The van der Waals surface area contributed by atoms with Gasteiger partial charge in [0.05, 0.1) is 13.2 Å². The largest absolute Gasteiger partial charge is 0.497 e. The van der Waals surface area contributed by atoms with Crippen LogP contribution in [0.2, 0.25) is 0 Å². The first-order chi connectivity index (χ1) is 9.22. The summed E-state index contributed by atoms with van der Waals surface area (Å²) < 4.78 is 15.8. The van der Waals surface area contributed by atoms with Crippen molar-refractivity contribution in [3.05, 3.63) is 53.5 Å². The molecule has 2 aromatic rings. The lowest BCUT2D eigenvalue weighted by atomic mass is 10.0. The summed E-state index contributed by atoms with van der Waals surface area (Å²) in [6, 6.07) is 11.5.